The molecule has 98 valence electrons. The van der Waals surface area contributed by atoms with Gasteiger partial charge in [0.2, 0.25) is 0 Å². The van der Waals surface area contributed by atoms with Gasteiger partial charge in [-0.2, -0.15) is 5.10 Å². The van der Waals surface area contributed by atoms with Crippen LogP contribution < -0.4 is 4.74 Å². The van der Waals surface area contributed by atoms with E-state index in [1.807, 2.05) is 32.2 Å². The summed E-state index contributed by atoms with van der Waals surface area (Å²) in [6.07, 6.45) is 3.75. The largest absolute Gasteiger partial charge is 0.493 e. The monoisotopic (exact) mass is 256 g/mol. The molecule has 2 heterocycles. The van der Waals surface area contributed by atoms with Crippen molar-refractivity contribution in [3.63, 3.8) is 0 Å². The standard InChI is InChI=1S/C15H16N2O2/c1-10-13(9-17(2)16-10)14(18)12-7-3-5-11-6-4-8-19-15(11)12/h3,5,7,9H,4,6,8H2,1-2H3. The van der Waals surface area contributed by atoms with Gasteiger partial charge in [-0.3, -0.25) is 9.48 Å². The number of aromatic nitrogens is 2. The fourth-order valence-corrected chi connectivity index (χ4v) is 2.54. The number of aryl methyl sites for hydroxylation is 3. The van der Waals surface area contributed by atoms with Crippen LogP contribution in [0, 0.1) is 6.92 Å². The second kappa shape index (κ2) is 4.53. The van der Waals surface area contributed by atoms with E-state index in [-0.39, 0.29) is 5.78 Å². The van der Waals surface area contributed by atoms with Crippen LogP contribution >= 0.6 is 0 Å². The second-order valence-corrected chi connectivity index (χ2v) is 4.88. The number of hydrogen-bond acceptors (Lipinski definition) is 3. The van der Waals surface area contributed by atoms with Crippen molar-refractivity contribution in [2.75, 3.05) is 6.61 Å². The number of ether oxygens (including phenoxy) is 1. The van der Waals surface area contributed by atoms with Gasteiger partial charge in [0.1, 0.15) is 5.75 Å². The van der Waals surface area contributed by atoms with Crippen LogP contribution in [-0.2, 0) is 13.5 Å². The van der Waals surface area contributed by atoms with Gasteiger partial charge in [0, 0.05) is 13.2 Å². The van der Waals surface area contributed by atoms with Crippen molar-refractivity contribution in [2.45, 2.75) is 19.8 Å². The highest BCUT2D eigenvalue weighted by molar-refractivity contribution is 6.11. The normalized spacial score (nSPS) is 13.8. The van der Waals surface area contributed by atoms with Crippen LogP contribution in [-0.4, -0.2) is 22.2 Å². The lowest BCUT2D eigenvalue weighted by molar-refractivity contribution is 0.103. The van der Waals surface area contributed by atoms with Crippen molar-refractivity contribution in [3.8, 4) is 5.75 Å². The molecule has 0 amide bonds. The first-order valence-electron chi connectivity index (χ1n) is 6.46. The number of carbonyl (C=O) groups is 1. The molecular weight excluding hydrogens is 240 g/mol. The molecule has 4 heteroatoms. The van der Waals surface area contributed by atoms with Crippen LogP contribution in [0.2, 0.25) is 0 Å². The predicted molar refractivity (Wildman–Crippen MR) is 71.6 cm³/mol. The molecule has 2 aromatic rings. The number of nitrogens with zero attached hydrogens (tertiary/aromatic N) is 2. The molecule has 0 saturated heterocycles. The second-order valence-electron chi connectivity index (χ2n) is 4.88. The Morgan fingerprint density at radius 3 is 2.95 bits per heavy atom. The zero-order chi connectivity index (χ0) is 13.4. The number of hydrogen-bond donors (Lipinski definition) is 0. The molecule has 0 fully saturated rings. The Morgan fingerprint density at radius 2 is 2.21 bits per heavy atom. The minimum atomic E-state index is -0.00986. The molecule has 0 spiro atoms. The Kier molecular flexibility index (Phi) is 2.85. The first kappa shape index (κ1) is 12.0. The van der Waals surface area contributed by atoms with Crippen molar-refractivity contribution < 1.29 is 9.53 Å². The van der Waals surface area contributed by atoms with E-state index < -0.39 is 0 Å². The molecule has 0 unspecified atom stereocenters. The minimum absolute atomic E-state index is 0.00986. The smallest absolute Gasteiger partial charge is 0.200 e. The van der Waals surface area contributed by atoms with Gasteiger partial charge in [-0.15, -0.1) is 0 Å². The summed E-state index contributed by atoms with van der Waals surface area (Å²) in [5, 5.41) is 4.22. The van der Waals surface area contributed by atoms with Crippen LogP contribution in [0.1, 0.15) is 33.6 Å². The summed E-state index contributed by atoms with van der Waals surface area (Å²) in [5.41, 5.74) is 3.16. The SMILES string of the molecule is Cc1nn(C)cc1C(=O)c1cccc2c1OCCC2. The summed E-state index contributed by atoms with van der Waals surface area (Å²) in [4.78, 5) is 12.6. The van der Waals surface area contributed by atoms with Crippen molar-refractivity contribution in [1.29, 1.82) is 0 Å². The van der Waals surface area contributed by atoms with Gasteiger partial charge in [0.05, 0.1) is 23.4 Å². The molecule has 1 aromatic carbocycles. The minimum Gasteiger partial charge on any atom is -0.493 e. The third-order valence-electron chi connectivity index (χ3n) is 3.44. The molecule has 1 aliphatic heterocycles. The van der Waals surface area contributed by atoms with Crippen molar-refractivity contribution in [2.24, 2.45) is 7.05 Å². The van der Waals surface area contributed by atoms with E-state index in [4.69, 9.17) is 4.74 Å². The Bertz CT molecular complexity index is 644. The summed E-state index contributed by atoms with van der Waals surface area (Å²) in [6, 6.07) is 5.78. The predicted octanol–water partition coefficient (Wildman–Crippen LogP) is 2.28. The number of benzene rings is 1. The average Bonchev–Trinajstić information content (AvgIpc) is 2.76. The Balaban J connectivity index is 2.07. The summed E-state index contributed by atoms with van der Waals surface area (Å²) in [5.74, 6) is 0.742. The maximum absolute atomic E-state index is 12.6. The average molecular weight is 256 g/mol. The van der Waals surface area contributed by atoms with E-state index in [1.165, 1.54) is 0 Å². The Hall–Kier alpha value is -2.10. The van der Waals surface area contributed by atoms with Crippen LogP contribution in [0.3, 0.4) is 0 Å². The lowest BCUT2D eigenvalue weighted by Crippen LogP contribution is -2.13. The van der Waals surface area contributed by atoms with Gasteiger partial charge in [0.25, 0.3) is 0 Å². The van der Waals surface area contributed by atoms with Crippen LogP contribution in [0.25, 0.3) is 0 Å². The number of para-hydroxylation sites is 1. The molecule has 0 radical (unpaired) electrons. The zero-order valence-electron chi connectivity index (χ0n) is 11.1. The molecule has 0 saturated carbocycles. The first-order valence-corrected chi connectivity index (χ1v) is 6.46. The highest BCUT2D eigenvalue weighted by Crippen LogP contribution is 2.30. The Morgan fingerprint density at radius 1 is 1.37 bits per heavy atom. The molecule has 3 rings (SSSR count). The number of rotatable bonds is 2. The van der Waals surface area contributed by atoms with Gasteiger partial charge in [-0.1, -0.05) is 12.1 Å². The molecule has 0 N–H and O–H groups in total. The number of fused-ring (bicyclic) bond motifs is 1. The summed E-state index contributed by atoms with van der Waals surface area (Å²) in [7, 11) is 1.82. The number of carbonyl (C=O) groups excluding carboxylic acids is 1. The molecule has 1 aliphatic rings. The summed E-state index contributed by atoms with van der Waals surface area (Å²) < 4.78 is 7.36. The molecule has 4 nitrogen and oxygen atoms in total. The lowest BCUT2D eigenvalue weighted by atomic mass is 9.97. The van der Waals surface area contributed by atoms with Gasteiger partial charge in [-0.05, 0) is 31.4 Å². The van der Waals surface area contributed by atoms with E-state index in [1.54, 1.807) is 10.9 Å². The lowest BCUT2D eigenvalue weighted by Gasteiger charge is -2.19. The van der Waals surface area contributed by atoms with Gasteiger partial charge in [0.15, 0.2) is 5.78 Å². The summed E-state index contributed by atoms with van der Waals surface area (Å²) >= 11 is 0. The van der Waals surface area contributed by atoms with Crippen LogP contribution in [0.5, 0.6) is 5.75 Å². The van der Waals surface area contributed by atoms with Crippen molar-refractivity contribution in [1.82, 2.24) is 9.78 Å². The third kappa shape index (κ3) is 2.03. The first-order chi connectivity index (χ1) is 9.16. The van der Waals surface area contributed by atoms with Gasteiger partial charge < -0.3 is 4.74 Å². The van der Waals surface area contributed by atoms with Crippen molar-refractivity contribution in [3.05, 3.63) is 46.8 Å². The van der Waals surface area contributed by atoms with E-state index in [0.29, 0.717) is 17.7 Å². The number of ketones is 1. The topological polar surface area (TPSA) is 44.1 Å². The van der Waals surface area contributed by atoms with Crippen LogP contribution in [0.15, 0.2) is 24.4 Å². The maximum Gasteiger partial charge on any atom is 0.200 e. The molecule has 0 aliphatic carbocycles. The van der Waals surface area contributed by atoms with E-state index in [9.17, 15) is 4.79 Å². The van der Waals surface area contributed by atoms with Crippen molar-refractivity contribution >= 4 is 5.78 Å². The molecule has 0 atom stereocenters. The van der Waals surface area contributed by atoms with Gasteiger partial charge >= 0.3 is 0 Å². The van der Waals surface area contributed by atoms with E-state index in [0.717, 1.165) is 29.8 Å². The third-order valence-corrected chi connectivity index (χ3v) is 3.44. The van der Waals surface area contributed by atoms with Gasteiger partial charge in [-0.25, -0.2) is 0 Å². The fraction of sp³-hybridized carbons (Fsp3) is 0.333. The Labute approximate surface area is 112 Å². The van der Waals surface area contributed by atoms with Crippen LogP contribution in [0.4, 0.5) is 0 Å². The molecule has 19 heavy (non-hydrogen) atoms. The molecule has 0 bridgehead atoms. The molecule has 1 aromatic heterocycles. The van der Waals surface area contributed by atoms with E-state index in [2.05, 4.69) is 5.10 Å². The quantitative estimate of drug-likeness (QED) is 0.774. The molecular formula is C15H16N2O2. The van der Waals surface area contributed by atoms with E-state index >= 15 is 0 Å². The highest BCUT2D eigenvalue weighted by Gasteiger charge is 2.22. The fourth-order valence-electron chi connectivity index (χ4n) is 2.54. The summed E-state index contributed by atoms with van der Waals surface area (Å²) in [6.45, 7) is 2.53. The highest BCUT2D eigenvalue weighted by atomic mass is 16.5. The zero-order valence-corrected chi connectivity index (χ0v) is 11.1. The maximum atomic E-state index is 12.6.